The molecule has 0 bridgehead atoms. The second-order valence-corrected chi connectivity index (χ2v) is 4.55. The molecule has 1 nitrogen and oxygen atoms in total. The normalized spacial score (nSPS) is 10.2. The summed E-state index contributed by atoms with van der Waals surface area (Å²) in [6, 6.07) is 16.9. The van der Waals surface area contributed by atoms with E-state index in [-0.39, 0.29) is 0 Å². The van der Waals surface area contributed by atoms with E-state index in [9.17, 15) is 0 Å². The molecule has 2 heteroatoms. The molecule has 0 aliphatic heterocycles. The highest BCUT2D eigenvalue weighted by atomic mass is 127. The van der Waals surface area contributed by atoms with Crippen LogP contribution >= 0.6 is 22.6 Å². The van der Waals surface area contributed by atoms with Gasteiger partial charge in [0.05, 0.1) is 6.61 Å². The van der Waals surface area contributed by atoms with Gasteiger partial charge in [-0.25, -0.2) is 0 Å². The lowest BCUT2D eigenvalue weighted by molar-refractivity contribution is 0.340. The molecule has 0 atom stereocenters. The minimum Gasteiger partial charge on any atom is -0.494 e. The third-order valence-electron chi connectivity index (χ3n) is 2.61. The summed E-state index contributed by atoms with van der Waals surface area (Å²) >= 11 is 2.38. The Kier molecular flexibility index (Phi) is 4.42. The van der Waals surface area contributed by atoms with Gasteiger partial charge in [-0.05, 0) is 35.7 Å². The molecule has 0 aliphatic carbocycles. The number of benzene rings is 2. The van der Waals surface area contributed by atoms with Crippen LogP contribution in [0.3, 0.4) is 0 Å². The highest BCUT2D eigenvalue weighted by molar-refractivity contribution is 14.1. The first-order valence-corrected chi connectivity index (χ1v) is 7.24. The molecule has 17 heavy (non-hydrogen) atoms. The summed E-state index contributed by atoms with van der Waals surface area (Å²) in [7, 11) is 0. The predicted molar refractivity (Wildman–Crippen MR) is 80.8 cm³/mol. The fourth-order valence-corrected chi connectivity index (χ4v) is 2.21. The first kappa shape index (κ1) is 12.4. The molecular weight excluding hydrogens is 323 g/mol. The molecule has 0 aromatic heterocycles. The van der Waals surface area contributed by atoms with E-state index in [4.69, 9.17) is 4.74 Å². The molecule has 2 aromatic rings. The molecular formula is C15H15IO. The fraction of sp³-hybridized carbons (Fsp3) is 0.200. The summed E-state index contributed by atoms with van der Waals surface area (Å²) in [6.45, 7) is 2.71. The van der Waals surface area contributed by atoms with Crippen LogP contribution in [0.25, 0.3) is 11.1 Å². The van der Waals surface area contributed by atoms with Crippen molar-refractivity contribution in [3.63, 3.8) is 0 Å². The van der Waals surface area contributed by atoms with Crippen molar-refractivity contribution in [2.24, 2.45) is 0 Å². The fourth-order valence-electron chi connectivity index (χ4n) is 1.70. The number of rotatable bonds is 4. The second kappa shape index (κ2) is 6.05. The summed E-state index contributed by atoms with van der Waals surface area (Å²) < 4.78 is 6.49. The van der Waals surface area contributed by atoms with Gasteiger partial charge in [-0.2, -0.15) is 0 Å². The molecule has 0 radical (unpaired) electrons. The van der Waals surface area contributed by atoms with Crippen molar-refractivity contribution in [2.45, 2.75) is 11.4 Å². The molecule has 0 unspecified atom stereocenters. The Morgan fingerprint density at radius 2 is 1.41 bits per heavy atom. The average Bonchev–Trinajstić information content (AvgIpc) is 2.40. The van der Waals surface area contributed by atoms with Crippen molar-refractivity contribution in [3.8, 4) is 16.9 Å². The van der Waals surface area contributed by atoms with Crippen molar-refractivity contribution in [1.29, 1.82) is 0 Å². The molecule has 2 aromatic carbocycles. The minimum atomic E-state index is 0.712. The first-order valence-electron chi connectivity index (χ1n) is 5.71. The molecule has 0 saturated carbocycles. The van der Waals surface area contributed by atoms with E-state index in [2.05, 4.69) is 59.0 Å². The van der Waals surface area contributed by atoms with Crippen LogP contribution in [0.2, 0.25) is 0 Å². The lowest BCUT2D eigenvalue weighted by Crippen LogP contribution is -1.90. The number of alkyl halides is 1. The lowest BCUT2D eigenvalue weighted by atomic mass is 10.0. The van der Waals surface area contributed by atoms with Crippen LogP contribution in [-0.4, -0.2) is 6.61 Å². The zero-order valence-corrected chi connectivity index (χ0v) is 12.0. The SMILES string of the molecule is CCOc1ccc(-c2ccc(CI)cc2)cc1. The zero-order chi connectivity index (χ0) is 12.1. The number of hydrogen-bond acceptors (Lipinski definition) is 1. The van der Waals surface area contributed by atoms with Crippen LogP contribution in [0.1, 0.15) is 12.5 Å². The van der Waals surface area contributed by atoms with Crippen LogP contribution in [-0.2, 0) is 4.43 Å². The summed E-state index contributed by atoms with van der Waals surface area (Å²) in [5.74, 6) is 0.931. The molecule has 0 spiro atoms. The van der Waals surface area contributed by atoms with Crippen molar-refractivity contribution in [1.82, 2.24) is 0 Å². The largest absolute Gasteiger partial charge is 0.494 e. The van der Waals surface area contributed by atoms with Gasteiger partial charge >= 0.3 is 0 Å². The van der Waals surface area contributed by atoms with Gasteiger partial charge in [-0.1, -0.05) is 59.0 Å². The van der Waals surface area contributed by atoms with Gasteiger partial charge in [-0.15, -0.1) is 0 Å². The Labute approximate surface area is 116 Å². The topological polar surface area (TPSA) is 9.23 Å². The lowest BCUT2D eigenvalue weighted by Gasteiger charge is -2.05. The maximum Gasteiger partial charge on any atom is 0.119 e. The van der Waals surface area contributed by atoms with E-state index >= 15 is 0 Å². The molecule has 2 rings (SSSR count). The van der Waals surface area contributed by atoms with E-state index in [1.807, 2.05) is 19.1 Å². The third kappa shape index (κ3) is 3.22. The molecule has 0 heterocycles. The predicted octanol–water partition coefficient (Wildman–Crippen LogP) is 4.69. The van der Waals surface area contributed by atoms with Crippen LogP contribution in [0.5, 0.6) is 5.75 Å². The van der Waals surface area contributed by atoms with Crippen molar-refractivity contribution in [3.05, 3.63) is 54.1 Å². The highest BCUT2D eigenvalue weighted by Crippen LogP contribution is 2.23. The highest BCUT2D eigenvalue weighted by Gasteiger charge is 1.98. The Morgan fingerprint density at radius 3 is 1.88 bits per heavy atom. The van der Waals surface area contributed by atoms with Crippen molar-refractivity contribution >= 4 is 22.6 Å². The smallest absolute Gasteiger partial charge is 0.119 e. The van der Waals surface area contributed by atoms with E-state index in [0.29, 0.717) is 6.61 Å². The van der Waals surface area contributed by atoms with E-state index in [0.717, 1.165) is 10.2 Å². The standard InChI is InChI=1S/C15H15IO/c1-2-17-15-9-7-14(8-10-15)13-5-3-12(11-16)4-6-13/h3-10H,2,11H2,1H3. The van der Waals surface area contributed by atoms with E-state index in [1.54, 1.807) is 0 Å². The average molecular weight is 338 g/mol. The Hall–Kier alpha value is -1.03. The quantitative estimate of drug-likeness (QED) is 0.581. The maximum absolute atomic E-state index is 5.43. The van der Waals surface area contributed by atoms with Crippen molar-refractivity contribution in [2.75, 3.05) is 6.61 Å². The van der Waals surface area contributed by atoms with Gasteiger partial charge in [0.25, 0.3) is 0 Å². The summed E-state index contributed by atoms with van der Waals surface area (Å²) in [6.07, 6.45) is 0. The van der Waals surface area contributed by atoms with Gasteiger partial charge < -0.3 is 4.74 Å². The second-order valence-electron chi connectivity index (χ2n) is 3.79. The number of ether oxygens (including phenoxy) is 1. The Balaban J connectivity index is 2.20. The van der Waals surface area contributed by atoms with Crippen LogP contribution in [0, 0.1) is 0 Å². The van der Waals surface area contributed by atoms with Gasteiger partial charge in [0.1, 0.15) is 5.75 Å². The summed E-state index contributed by atoms with van der Waals surface area (Å²) in [5, 5.41) is 0. The molecule has 0 aliphatic rings. The molecule has 88 valence electrons. The van der Waals surface area contributed by atoms with E-state index < -0.39 is 0 Å². The zero-order valence-electron chi connectivity index (χ0n) is 9.82. The van der Waals surface area contributed by atoms with Gasteiger partial charge in [-0.3, -0.25) is 0 Å². The Bertz CT molecular complexity index is 459. The van der Waals surface area contributed by atoms with Crippen LogP contribution in [0.15, 0.2) is 48.5 Å². The molecule has 0 amide bonds. The van der Waals surface area contributed by atoms with Gasteiger partial charge in [0.15, 0.2) is 0 Å². The van der Waals surface area contributed by atoms with Crippen LogP contribution < -0.4 is 4.74 Å². The molecule has 0 fully saturated rings. The van der Waals surface area contributed by atoms with Gasteiger partial charge in [0.2, 0.25) is 0 Å². The summed E-state index contributed by atoms with van der Waals surface area (Å²) in [5.41, 5.74) is 3.84. The molecule has 0 N–H and O–H groups in total. The Morgan fingerprint density at radius 1 is 0.882 bits per heavy atom. The van der Waals surface area contributed by atoms with Crippen LogP contribution in [0.4, 0.5) is 0 Å². The van der Waals surface area contributed by atoms with E-state index in [1.165, 1.54) is 16.7 Å². The summed E-state index contributed by atoms with van der Waals surface area (Å²) in [4.78, 5) is 0. The number of hydrogen-bond donors (Lipinski definition) is 0. The first-order chi connectivity index (χ1) is 8.33. The maximum atomic E-state index is 5.43. The monoisotopic (exact) mass is 338 g/mol. The van der Waals surface area contributed by atoms with Gasteiger partial charge in [0, 0.05) is 4.43 Å². The third-order valence-corrected chi connectivity index (χ3v) is 3.49. The number of halogens is 1. The van der Waals surface area contributed by atoms with Crippen molar-refractivity contribution < 1.29 is 4.74 Å². The molecule has 0 saturated heterocycles. The minimum absolute atomic E-state index is 0.712.